The fraction of sp³-hybridized carbons (Fsp3) is 0.421. The molecule has 9 heteroatoms. The molecule has 1 saturated carbocycles. The third-order valence-electron chi connectivity index (χ3n) is 4.93. The maximum absolute atomic E-state index is 13.6. The van der Waals surface area contributed by atoms with Gasteiger partial charge in [0.05, 0.1) is 21.9 Å². The molecule has 1 aliphatic rings. The first-order chi connectivity index (χ1) is 13.1. The minimum absolute atomic E-state index is 0.142. The average molecular weight is 430 g/mol. The lowest BCUT2D eigenvalue weighted by Gasteiger charge is -2.41. The van der Waals surface area contributed by atoms with E-state index >= 15 is 0 Å². The van der Waals surface area contributed by atoms with Crippen LogP contribution in [0.25, 0.3) is 0 Å². The van der Waals surface area contributed by atoms with Gasteiger partial charge in [0, 0.05) is 24.7 Å². The third-order valence-corrected chi connectivity index (χ3v) is 5.44. The monoisotopic (exact) mass is 429 g/mol. The molecule has 0 radical (unpaired) electrons. The summed E-state index contributed by atoms with van der Waals surface area (Å²) in [6.07, 6.45) is 0.00985. The summed E-state index contributed by atoms with van der Waals surface area (Å²) in [6.45, 7) is 1.71. The van der Waals surface area contributed by atoms with E-state index in [9.17, 15) is 18.7 Å². The maximum atomic E-state index is 13.6. The normalized spacial score (nSPS) is 19.1. The first-order valence-electron chi connectivity index (χ1n) is 8.75. The molecule has 2 aromatic rings. The summed E-state index contributed by atoms with van der Waals surface area (Å²) >= 11 is 12.0. The number of aromatic nitrogens is 2. The number of halogens is 4. The van der Waals surface area contributed by atoms with Crippen molar-refractivity contribution >= 4 is 29.1 Å². The SMILES string of the molecule is Cc1cc(C(=O)NC(c2cccc(Cl)n2)C2(O)CCC(F)(F)CC2)c(Cl)cn1. The van der Waals surface area contributed by atoms with Gasteiger partial charge in [-0.1, -0.05) is 29.3 Å². The van der Waals surface area contributed by atoms with Crippen LogP contribution < -0.4 is 5.32 Å². The summed E-state index contributed by atoms with van der Waals surface area (Å²) in [5, 5.41) is 14.2. The van der Waals surface area contributed by atoms with Crippen LogP contribution in [0.5, 0.6) is 0 Å². The van der Waals surface area contributed by atoms with E-state index in [0.29, 0.717) is 5.69 Å². The van der Waals surface area contributed by atoms with Crippen LogP contribution in [0.4, 0.5) is 8.78 Å². The summed E-state index contributed by atoms with van der Waals surface area (Å²) in [5.74, 6) is -3.40. The Kier molecular flexibility index (Phi) is 5.89. The molecule has 1 amide bonds. The van der Waals surface area contributed by atoms with Crippen molar-refractivity contribution in [2.45, 2.75) is 50.2 Å². The zero-order chi connectivity index (χ0) is 20.5. The molecule has 28 heavy (non-hydrogen) atoms. The highest BCUT2D eigenvalue weighted by Crippen LogP contribution is 2.44. The molecule has 1 fully saturated rings. The Morgan fingerprint density at radius 1 is 1.25 bits per heavy atom. The fourth-order valence-electron chi connectivity index (χ4n) is 3.33. The van der Waals surface area contributed by atoms with Crippen LogP contribution in [0.15, 0.2) is 30.5 Å². The topological polar surface area (TPSA) is 75.1 Å². The molecule has 0 saturated heterocycles. The molecule has 2 aromatic heterocycles. The van der Waals surface area contributed by atoms with Crippen molar-refractivity contribution in [1.82, 2.24) is 15.3 Å². The van der Waals surface area contributed by atoms with Gasteiger partial charge in [0.1, 0.15) is 11.2 Å². The molecule has 5 nitrogen and oxygen atoms in total. The summed E-state index contributed by atoms with van der Waals surface area (Å²) in [7, 11) is 0. The number of carbonyl (C=O) groups excluding carboxylic acids is 1. The number of aliphatic hydroxyl groups is 1. The lowest BCUT2D eigenvalue weighted by Crippen LogP contribution is -2.50. The number of alkyl halides is 2. The summed E-state index contributed by atoms with van der Waals surface area (Å²) < 4.78 is 27.3. The summed E-state index contributed by atoms with van der Waals surface area (Å²) in [6, 6.07) is 5.24. The van der Waals surface area contributed by atoms with Crippen molar-refractivity contribution in [2.24, 2.45) is 0 Å². The Labute approximate surface area is 171 Å². The molecule has 0 aliphatic heterocycles. The highest BCUT2D eigenvalue weighted by atomic mass is 35.5. The number of nitrogens with one attached hydrogen (secondary N) is 1. The highest BCUT2D eigenvalue weighted by Gasteiger charge is 2.48. The molecule has 2 N–H and O–H groups in total. The van der Waals surface area contributed by atoms with Crippen molar-refractivity contribution < 1.29 is 18.7 Å². The van der Waals surface area contributed by atoms with Gasteiger partial charge in [-0.05, 0) is 38.0 Å². The van der Waals surface area contributed by atoms with Gasteiger partial charge < -0.3 is 10.4 Å². The quantitative estimate of drug-likeness (QED) is 0.701. The predicted molar refractivity (Wildman–Crippen MR) is 102 cm³/mol. The van der Waals surface area contributed by atoms with Gasteiger partial charge in [-0.2, -0.15) is 0 Å². The maximum Gasteiger partial charge on any atom is 0.253 e. The largest absolute Gasteiger partial charge is 0.387 e. The van der Waals surface area contributed by atoms with Gasteiger partial charge in [0.15, 0.2) is 0 Å². The number of pyridine rings is 2. The van der Waals surface area contributed by atoms with Crippen LogP contribution in [0.1, 0.15) is 53.5 Å². The first-order valence-corrected chi connectivity index (χ1v) is 9.51. The van der Waals surface area contributed by atoms with E-state index in [0.717, 1.165) is 0 Å². The number of hydrogen-bond donors (Lipinski definition) is 2. The van der Waals surface area contributed by atoms with Crippen LogP contribution in [0.2, 0.25) is 10.2 Å². The fourth-order valence-corrected chi connectivity index (χ4v) is 3.69. The number of rotatable bonds is 4. The smallest absolute Gasteiger partial charge is 0.253 e. The molecular weight excluding hydrogens is 411 g/mol. The molecule has 0 aromatic carbocycles. The van der Waals surface area contributed by atoms with Gasteiger partial charge in [-0.3, -0.25) is 9.78 Å². The van der Waals surface area contributed by atoms with E-state index in [2.05, 4.69) is 15.3 Å². The Balaban J connectivity index is 1.95. The second-order valence-electron chi connectivity index (χ2n) is 7.06. The second kappa shape index (κ2) is 7.89. The van der Waals surface area contributed by atoms with Crippen LogP contribution in [-0.4, -0.2) is 32.5 Å². The van der Waals surface area contributed by atoms with Crippen LogP contribution in [0, 0.1) is 6.92 Å². The van der Waals surface area contributed by atoms with Crippen molar-refractivity contribution in [3.63, 3.8) is 0 Å². The van der Waals surface area contributed by atoms with Gasteiger partial charge in [-0.25, -0.2) is 13.8 Å². The van der Waals surface area contributed by atoms with Crippen molar-refractivity contribution in [1.29, 1.82) is 0 Å². The van der Waals surface area contributed by atoms with Crippen LogP contribution >= 0.6 is 23.2 Å². The van der Waals surface area contributed by atoms with Crippen molar-refractivity contribution in [3.05, 3.63) is 57.6 Å². The highest BCUT2D eigenvalue weighted by molar-refractivity contribution is 6.33. The van der Waals surface area contributed by atoms with Crippen molar-refractivity contribution in [2.75, 3.05) is 0 Å². The van der Waals surface area contributed by atoms with Gasteiger partial charge >= 0.3 is 0 Å². The Bertz CT molecular complexity index is 885. The molecule has 0 spiro atoms. The number of nitrogens with zero attached hydrogens (tertiary/aromatic N) is 2. The van der Waals surface area contributed by atoms with Crippen molar-refractivity contribution in [3.8, 4) is 0 Å². The molecule has 150 valence electrons. The Morgan fingerprint density at radius 2 is 1.93 bits per heavy atom. The number of aryl methyl sites for hydroxylation is 1. The van der Waals surface area contributed by atoms with E-state index in [4.69, 9.17) is 23.2 Å². The van der Waals surface area contributed by atoms with Gasteiger partial charge in [-0.15, -0.1) is 0 Å². The minimum atomic E-state index is -2.84. The molecule has 0 bridgehead atoms. The zero-order valence-electron chi connectivity index (χ0n) is 15.1. The summed E-state index contributed by atoms with van der Waals surface area (Å²) in [4.78, 5) is 21.0. The third kappa shape index (κ3) is 4.59. The van der Waals surface area contributed by atoms with E-state index in [1.54, 1.807) is 25.1 Å². The van der Waals surface area contributed by atoms with Crippen LogP contribution in [-0.2, 0) is 0 Å². The van der Waals surface area contributed by atoms with E-state index in [1.807, 2.05) is 0 Å². The number of carbonyl (C=O) groups is 1. The molecule has 1 aliphatic carbocycles. The van der Waals surface area contributed by atoms with Gasteiger partial charge in [0.2, 0.25) is 5.92 Å². The Morgan fingerprint density at radius 3 is 2.57 bits per heavy atom. The summed E-state index contributed by atoms with van der Waals surface area (Å²) in [5.41, 5.74) is -0.548. The number of hydrogen-bond acceptors (Lipinski definition) is 4. The Hall–Kier alpha value is -1.83. The zero-order valence-corrected chi connectivity index (χ0v) is 16.6. The minimum Gasteiger partial charge on any atom is -0.387 e. The lowest BCUT2D eigenvalue weighted by molar-refractivity contribution is -0.116. The standard InChI is InChI=1S/C19H19Cl2F2N3O2/c1-11-9-12(13(20)10-24-11)17(27)26-16(14-3-2-4-15(21)25-14)18(28)5-7-19(22,23)8-6-18/h2-4,9-10,16,28H,5-8H2,1H3,(H,26,27). The van der Waals surface area contributed by atoms with E-state index < -0.39 is 36.3 Å². The van der Waals surface area contributed by atoms with Crippen LogP contribution in [0.3, 0.4) is 0 Å². The predicted octanol–water partition coefficient (Wildman–Crippen LogP) is 4.50. The van der Waals surface area contributed by atoms with Gasteiger partial charge in [0.25, 0.3) is 5.91 Å². The molecule has 3 rings (SSSR count). The van der Waals surface area contributed by atoms with E-state index in [1.165, 1.54) is 12.3 Å². The lowest BCUT2D eigenvalue weighted by atomic mass is 9.76. The number of amides is 1. The second-order valence-corrected chi connectivity index (χ2v) is 7.85. The molecular formula is C19H19Cl2F2N3O2. The first kappa shape index (κ1) is 20.9. The van der Waals surface area contributed by atoms with E-state index in [-0.39, 0.29) is 34.3 Å². The average Bonchev–Trinajstić information content (AvgIpc) is 2.64. The molecule has 1 atom stereocenters. The molecule has 2 heterocycles. The molecule has 1 unspecified atom stereocenters.